The highest BCUT2D eigenvalue weighted by Crippen LogP contribution is 2.30. The average Bonchev–Trinajstić information content (AvgIpc) is 2.77. The molecule has 166 valence electrons. The fourth-order valence-corrected chi connectivity index (χ4v) is 4.66. The number of hydrogen-bond acceptors (Lipinski definition) is 4. The SMILES string of the molecule is CS(=O)(=O)N1CCCc2cc(C(=O)Nc3cccc(OCc4ccc(F)cc4)c3)ccc21. The Morgan fingerprint density at radius 1 is 1.09 bits per heavy atom. The molecule has 8 heteroatoms. The van der Waals surface area contributed by atoms with Gasteiger partial charge in [-0.15, -0.1) is 0 Å². The number of benzene rings is 3. The van der Waals surface area contributed by atoms with Crippen molar-refractivity contribution in [2.24, 2.45) is 0 Å². The van der Waals surface area contributed by atoms with Crippen LogP contribution in [0.5, 0.6) is 5.75 Å². The molecule has 0 radical (unpaired) electrons. The van der Waals surface area contributed by atoms with Crippen molar-refractivity contribution in [3.8, 4) is 5.75 Å². The van der Waals surface area contributed by atoms with Crippen molar-refractivity contribution in [1.29, 1.82) is 0 Å². The average molecular weight is 455 g/mol. The molecule has 3 aromatic rings. The van der Waals surface area contributed by atoms with Crippen LogP contribution in [0.25, 0.3) is 0 Å². The Bertz CT molecular complexity index is 1240. The van der Waals surface area contributed by atoms with Crippen LogP contribution >= 0.6 is 0 Å². The van der Waals surface area contributed by atoms with E-state index in [2.05, 4.69) is 5.32 Å². The van der Waals surface area contributed by atoms with Gasteiger partial charge in [0.1, 0.15) is 18.2 Å². The fraction of sp³-hybridized carbons (Fsp3) is 0.208. The third-order valence-corrected chi connectivity index (χ3v) is 6.41. The molecule has 0 saturated carbocycles. The molecule has 0 bridgehead atoms. The summed E-state index contributed by atoms with van der Waals surface area (Å²) in [5.41, 5.74) is 3.33. The maximum atomic E-state index is 13.0. The molecular weight excluding hydrogens is 431 g/mol. The molecule has 0 saturated heterocycles. The van der Waals surface area contributed by atoms with E-state index in [0.717, 1.165) is 17.5 Å². The van der Waals surface area contributed by atoms with Gasteiger partial charge in [0, 0.05) is 23.9 Å². The van der Waals surface area contributed by atoms with Crippen LogP contribution in [0.2, 0.25) is 0 Å². The number of sulfonamides is 1. The third-order valence-electron chi connectivity index (χ3n) is 5.23. The van der Waals surface area contributed by atoms with Gasteiger partial charge < -0.3 is 10.1 Å². The fourth-order valence-electron chi connectivity index (χ4n) is 3.66. The summed E-state index contributed by atoms with van der Waals surface area (Å²) in [7, 11) is -3.35. The van der Waals surface area contributed by atoms with Crippen LogP contribution in [0.15, 0.2) is 66.7 Å². The summed E-state index contributed by atoms with van der Waals surface area (Å²) < 4.78 is 44.2. The number of rotatable bonds is 6. The van der Waals surface area contributed by atoms with Gasteiger partial charge in [-0.3, -0.25) is 9.10 Å². The van der Waals surface area contributed by atoms with Gasteiger partial charge in [0.25, 0.3) is 5.91 Å². The molecule has 3 aromatic carbocycles. The summed E-state index contributed by atoms with van der Waals surface area (Å²) in [6.07, 6.45) is 2.61. The van der Waals surface area contributed by atoms with Gasteiger partial charge in [0.05, 0.1) is 11.9 Å². The van der Waals surface area contributed by atoms with E-state index in [0.29, 0.717) is 35.7 Å². The second-order valence-corrected chi connectivity index (χ2v) is 9.59. The lowest BCUT2D eigenvalue weighted by Crippen LogP contribution is -2.34. The number of carbonyl (C=O) groups excluding carboxylic acids is 1. The summed E-state index contributed by atoms with van der Waals surface area (Å²) in [6, 6.07) is 18.1. The molecule has 1 amide bonds. The number of halogens is 1. The van der Waals surface area contributed by atoms with E-state index in [9.17, 15) is 17.6 Å². The first kappa shape index (κ1) is 21.8. The molecule has 0 aromatic heterocycles. The maximum Gasteiger partial charge on any atom is 0.255 e. The summed E-state index contributed by atoms with van der Waals surface area (Å²) >= 11 is 0. The Balaban J connectivity index is 1.45. The summed E-state index contributed by atoms with van der Waals surface area (Å²) in [5.74, 6) is -0.0222. The zero-order valence-corrected chi connectivity index (χ0v) is 18.4. The zero-order chi connectivity index (χ0) is 22.7. The van der Waals surface area contributed by atoms with E-state index < -0.39 is 10.0 Å². The van der Waals surface area contributed by atoms with Crippen LogP contribution in [0.4, 0.5) is 15.8 Å². The van der Waals surface area contributed by atoms with Crippen LogP contribution in [-0.2, 0) is 23.1 Å². The third kappa shape index (κ3) is 5.08. The predicted molar refractivity (Wildman–Crippen MR) is 122 cm³/mol. The molecule has 4 rings (SSSR count). The first-order valence-electron chi connectivity index (χ1n) is 10.2. The molecule has 0 unspecified atom stereocenters. The molecule has 0 fully saturated rings. The molecule has 6 nitrogen and oxygen atoms in total. The Labute approximate surface area is 186 Å². The maximum absolute atomic E-state index is 13.0. The first-order valence-corrected chi connectivity index (χ1v) is 12.0. The van der Waals surface area contributed by atoms with Crippen molar-refractivity contribution >= 4 is 27.3 Å². The number of aryl methyl sites for hydroxylation is 1. The van der Waals surface area contributed by atoms with E-state index >= 15 is 0 Å². The topological polar surface area (TPSA) is 75.7 Å². The number of amides is 1. The van der Waals surface area contributed by atoms with E-state index in [1.807, 2.05) is 0 Å². The molecule has 0 aliphatic carbocycles. The van der Waals surface area contributed by atoms with Gasteiger partial charge in [0.15, 0.2) is 0 Å². The minimum Gasteiger partial charge on any atom is -0.489 e. The second-order valence-electron chi connectivity index (χ2n) is 7.68. The minimum absolute atomic E-state index is 0.277. The van der Waals surface area contributed by atoms with Gasteiger partial charge >= 0.3 is 0 Å². The molecular formula is C24H23FN2O4S. The van der Waals surface area contributed by atoms with Crippen molar-refractivity contribution in [3.63, 3.8) is 0 Å². The van der Waals surface area contributed by atoms with Gasteiger partial charge in [-0.1, -0.05) is 18.2 Å². The van der Waals surface area contributed by atoms with E-state index in [4.69, 9.17) is 4.74 Å². The quantitative estimate of drug-likeness (QED) is 0.600. The number of nitrogens with zero attached hydrogens (tertiary/aromatic N) is 1. The van der Waals surface area contributed by atoms with Crippen LogP contribution in [0.3, 0.4) is 0 Å². The van der Waals surface area contributed by atoms with Gasteiger partial charge in [-0.2, -0.15) is 0 Å². The second kappa shape index (κ2) is 9.00. The Kier molecular flexibility index (Phi) is 6.14. The smallest absolute Gasteiger partial charge is 0.255 e. The number of ether oxygens (including phenoxy) is 1. The molecule has 1 N–H and O–H groups in total. The Morgan fingerprint density at radius 2 is 1.88 bits per heavy atom. The van der Waals surface area contributed by atoms with Gasteiger partial charge in [-0.25, -0.2) is 12.8 Å². The molecule has 1 aliphatic heterocycles. The highest BCUT2D eigenvalue weighted by atomic mass is 32.2. The summed E-state index contributed by atoms with van der Waals surface area (Å²) in [4.78, 5) is 12.8. The molecule has 32 heavy (non-hydrogen) atoms. The number of carbonyl (C=O) groups is 1. The van der Waals surface area contributed by atoms with Crippen LogP contribution in [-0.4, -0.2) is 27.1 Å². The predicted octanol–water partition coefficient (Wildman–Crippen LogP) is 4.37. The van der Waals surface area contributed by atoms with E-state index in [-0.39, 0.29) is 18.3 Å². The molecule has 1 aliphatic rings. The van der Waals surface area contributed by atoms with E-state index in [1.54, 1.807) is 54.6 Å². The van der Waals surface area contributed by atoms with Gasteiger partial charge in [-0.05, 0) is 66.4 Å². The summed E-state index contributed by atoms with van der Waals surface area (Å²) in [6.45, 7) is 0.724. The minimum atomic E-state index is -3.35. The van der Waals surface area contributed by atoms with Crippen molar-refractivity contribution in [1.82, 2.24) is 0 Å². The number of fused-ring (bicyclic) bond motifs is 1. The number of hydrogen-bond donors (Lipinski definition) is 1. The normalized spacial score (nSPS) is 13.4. The van der Waals surface area contributed by atoms with Crippen LogP contribution in [0.1, 0.15) is 27.9 Å². The molecule has 0 atom stereocenters. The van der Waals surface area contributed by atoms with Gasteiger partial charge in [0.2, 0.25) is 10.0 Å². The number of anilines is 2. The van der Waals surface area contributed by atoms with Crippen molar-refractivity contribution < 1.29 is 22.3 Å². The van der Waals surface area contributed by atoms with Crippen molar-refractivity contribution in [2.75, 3.05) is 22.4 Å². The Hall–Kier alpha value is -3.39. The molecule has 0 spiro atoms. The lowest BCUT2D eigenvalue weighted by molar-refractivity contribution is 0.102. The molecule has 1 heterocycles. The van der Waals surface area contributed by atoms with Crippen LogP contribution in [0, 0.1) is 5.82 Å². The van der Waals surface area contributed by atoms with Crippen molar-refractivity contribution in [2.45, 2.75) is 19.4 Å². The zero-order valence-electron chi connectivity index (χ0n) is 17.5. The van der Waals surface area contributed by atoms with Crippen LogP contribution < -0.4 is 14.4 Å². The standard InChI is InChI=1S/C24H23FN2O4S/c1-32(29,30)27-13-3-4-18-14-19(9-12-23(18)27)24(28)26-21-5-2-6-22(15-21)31-16-17-7-10-20(25)11-8-17/h2,5-12,14-15H,3-4,13,16H2,1H3,(H,26,28). The number of nitrogens with one attached hydrogen (secondary N) is 1. The first-order chi connectivity index (χ1) is 15.3. The monoisotopic (exact) mass is 454 g/mol. The van der Waals surface area contributed by atoms with Crippen molar-refractivity contribution in [3.05, 3.63) is 89.2 Å². The highest BCUT2D eigenvalue weighted by Gasteiger charge is 2.24. The Morgan fingerprint density at radius 3 is 2.62 bits per heavy atom. The largest absolute Gasteiger partial charge is 0.489 e. The lowest BCUT2D eigenvalue weighted by atomic mass is 10.0. The van der Waals surface area contributed by atoms with E-state index in [1.165, 1.54) is 22.7 Å². The lowest BCUT2D eigenvalue weighted by Gasteiger charge is -2.29. The highest BCUT2D eigenvalue weighted by molar-refractivity contribution is 7.92. The summed E-state index contributed by atoms with van der Waals surface area (Å²) in [5, 5.41) is 2.85.